The molecule has 0 atom stereocenters. The van der Waals surface area contributed by atoms with Crippen molar-refractivity contribution in [1.29, 1.82) is 0 Å². The number of benzene rings is 2. The van der Waals surface area contributed by atoms with E-state index in [0.717, 1.165) is 27.6 Å². The molecule has 0 aliphatic heterocycles. The van der Waals surface area contributed by atoms with Crippen molar-refractivity contribution in [2.24, 2.45) is 0 Å². The molecule has 148 valence electrons. The molecule has 0 spiro atoms. The van der Waals surface area contributed by atoms with Gasteiger partial charge in [-0.2, -0.15) is 0 Å². The van der Waals surface area contributed by atoms with Gasteiger partial charge in [-0.3, -0.25) is 4.98 Å². The van der Waals surface area contributed by atoms with Gasteiger partial charge < -0.3 is 9.84 Å². The lowest BCUT2D eigenvalue weighted by atomic mass is 10.0. The molecular formula is C24H19N3O3. The van der Waals surface area contributed by atoms with E-state index in [9.17, 15) is 9.90 Å². The van der Waals surface area contributed by atoms with Crippen LogP contribution < -0.4 is 4.74 Å². The molecule has 6 heteroatoms. The Morgan fingerprint density at radius 2 is 1.77 bits per heavy atom. The highest BCUT2D eigenvalue weighted by atomic mass is 16.5. The minimum absolute atomic E-state index is 0.274. The normalized spacial score (nSPS) is 11.1. The molecule has 2 aromatic heterocycles. The third kappa shape index (κ3) is 4.03. The molecule has 4 aromatic rings. The van der Waals surface area contributed by atoms with E-state index in [4.69, 9.17) is 4.74 Å². The molecule has 1 N–H and O–H groups in total. The molecule has 0 bridgehead atoms. The molecule has 2 aromatic carbocycles. The van der Waals surface area contributed by atoms with Crippen molar-refractivity contribution in [2.75, 3.05) is 0 Å². The van der Waals surface area contributed by atoms with Gasteiger partial charge in [-0.1, -0.05) is 18.2 Å². The monoisotopic (exact) mass is 397 g/mol. The molecular weight excluding hydrogens is 378 g/mol. The summed E-state index contributed by atoms with van der Waals surface area (Å²) in [6, 6.07) is 11.1. The number of phenols is 1. The van der Waals surface area contributed by atoms with E-state index in [2.05, 4.69) is 15.0 Å². The Bertz CT molecular complexity index is 1240. The number of carbonyl (C=O) groups excluding carboxylic acids is 1. The lowest BCUT2D eigenvalue weighted by Gasteiger charge is -2.08. The molecule has 0 aliphatic carbocycles. The number of nitrogens with zero attached hydrogens (tertiary/aromatic N) is 3. The van der Waals surface area contributed by atoms with Crippen molar-refractivity contribution in [3.05, 3.63) is 89.1 Å². The average molecular weight is 397 g/mol. The molecule has 6 nitrogen and oxygen atoms in total. The molecule has 0 fully saturated rings. The number of phenolic OH excluding ortho intramolecular Hbond substituents is 1. The number of ether oxygens (including phenoxy) is 1. The SMILES string of the molecule is Cc1cc(/C=C/c2cc(C(=O)Oc3cncnc3)cc3ncccc23)cc(C)c1O. The number of fused-ring (bicyclic) bond motifs is 1. The number of esters is 1. The number of hydrogen-bond donors (Lipinski definition) is 1. The third-order valence-electron chi connectivity index (χ3n) is 4.70. The first-order valence-electron chi connectivity index (χ1n) is 9.35. The zero-order chi connectivity index (χ0) is 21.1. The van der Waals surface area contributed by atoms with E-state index in [1.165, 1.54) is 18.7 Å². The Morgan fingerprint density at radius 1 is 1.03 bits per heavy atom. The fourth-order valence-corrected chi connectivity index (χ4v) is 3.24. The fourth-order valence-electron chi connectivity index (χ4n) is 3.24. The summed E-state index contributed by atoms with van der Waals surface area (Å²) in [7, 11) is 0. The van der Waals surface area contributed by atoms with Crippen LogP contribution in [0.4, 0.5) is 0 Å². The van der Waals surface area contributed by atoms with E-state index >= 15 is 0 Å². The van der Waals surface area contributed by atoms with E-state index in [0.29, 0.717) is 16.8 Å². The highest BCUT2D eigenvalue weighted by molar-refractivity contribution is 5.99. The number of aromatic hydroxyl groups is 1. The van der Waals surface area contributed by atoms with Gasteiger partial charge in [0.05, 0.1) is 23.5 Å². The standard InChI is InChI=1S/C24H19N3O3/c1-15-8-17(9-16(2)23(15)28)5-6-18-10-19(11-22-21(18)4-3-7-27-22)24(29)30-20-12-25-14-26-13-20/h3-14,28H,1-2H3/b6-5+. The second-order valence-corrected chi connectivity index (χ2v) is 6.94. The quantitative estimate of drug-likeness (QED) is 0.396. The van der Waals surface area contributed by atoms with Gasteiger partial charge in [0, 0.05) is 11.6 Å². The predicted molar refractivity (Wildman–Crippen MR) is 115 cm³/mol. The van der Waals surface area contributed by atoms with Gasteiger partial charge in [0.25, 0.3) is 0 Å². The van der Waals surface area contributed by atoms with Crippen molar-refractivity contribution in [3.63, 3.8) is 0 Å². The van der Waals surface area contributed by atoms with Gasteiger partial charge in [-0.25, -0.2) is 14.8 Å². The van der Waals surface area contributed by atoms with Gasteiger partial charge in [-0.05, 0) is 66.4 Å². The van der Waals surface area contributed by atoms with Crippen LogP contribution in [0.25, 0.3) is 23.1 Å². The molecule has 0 saturated carbocycles. The molecule has 0 unspecified atom stereocenters. The van der Waals surface area contributed by atoms with Crippen molar-refractivity contribution < 1.29 is 14.6 Å². The topological polar surface area (TPSA) is 85.2 Å². The van der Waals surface area contributed by atoms with Crippen LogP contribution in [0.3, 0.4) is 0 Å². The first kappa shape index (κ1) is 19.3. The van der Waals surface area contributed by atoms with Crippen LogP contribution >= 0.6 is 0 Å². The highest BCUT2D eigenvalue weighted by Crippen LogP contribution is 2.26. The number of carbonyl (C=O) groups is 1. The van der Waals surface area contributed by atoms with Crippen LogP contribution in [0.15, 0.2) is 61.3 Å². The van der Waals surface area contributed by atoms with E-state index in [1.807, 2.05) is 50.3 Å². The van der Waals surface area contributed by atoms with E-state index in [-0.39, 0.29) is 5.75 Å². The van der Waals surface area contributed by atoms with Crippen LogP contribution in [0, 0.1) is 13.8 Å². The van der Waals surface area contributed by atoms with E-state index in [1.54, 1.807) is 18.3 Å². The third-order valence-corrected chi connectivity index (χ3v) is 4.70. The Kier molecular flexibility index (Phi) is 5.22. The van der Waals surface area contributed by atoms with Gasteiger partial charge in [0.15, 0.2) is 5.75 Å². The largest absolute Gasteiger partial charge is 0.507 e. The summed E-state index contributed by atoms with van der Waals surface area (Å²) in [5.74, 6) is 0.0653. The number of aryl methyl sites for hydroxylation is 2. The Morgan fingerprint density at radius 3 is 2.50 bits per heavy atom. The molecule has 0 saturated heterocycles. The summed E-state index contributed by atoms with van der Waals surface area (Å²) in [4.78, 5) is 24.7. The van der Waals surface area contributed by atoms with Gasteiger partial charge >= 0.3 is 5.97 Å². The second-order valence-electron chi connectivity index (χ2n) is 6.94. The van der Waals surface area contributed by atoms with Gasteiger partial charge in [-0.15, -0.1) is 0 Å². The number of aromatic nitrogens is 3. The summed E-state index contributed by atoms with van der Waals surface area (Å²) < 4.78 is 5.37. The Labute approximate surface area is 173 Å². The fraction of sp³-hybridized carbons (Fsp3) is 0.0833. The first-order valence-corrected chi connectivity index (χ1v) is 9.35. The number of pyridine rings is 1. The number of hydrogen-bond acceptors (Lipinski definition) is 6. The summed E-state index contributed by atoms with van der Waals surface area (Å²) in [6.45, 7) is 3.73. The van der Waals surface area contributed by atoms with Gasteiger partial charge in [0.2, 0.25) is 0 Å². The van der Waals surface area contributed by atoms with Crippen LogP contribution in [0.5, 0.6) is 11.5 Å². The lowest BCUT2D eigenvalue weighted by molar-refractivity contribution is 0.0733. The molecule has 0 aliphatic rings. The maximum absolute atomic E-state index is 12.7. The molecule has 2 heterocycles. The predicted octanol–water partition coefficient (Wildman–Crippen LogP) is 4.74. The lowest BCUT2D eigenvalue weighted by Crippen LogP contribution is -2.09. The van der Waals surface area contributed by atoms with Crippen LogP contribution in [-0.2, 0) is 0 Å². The summed E-state index contributed by atoms with van der Waals surface area (Å²) in [5.41, 5.74) is 4.47. The maximum atomic E-state index is 12.7. The zero-order valence-electron chi connectivity index (χ0n) is 16.5. The Hall–Kier alpha value is -4.06. The zero-order valence-corrected chi connectivity index (χ0v) is 16.5. The molecule has 0 radical (unpaired) electrons. The van der Waals surface area contributed by atoms with Crippen molar-refractivity contribution in [3.8, 4) is 11.5 Å². The second kappa shape index (κ2) is 8.13. The minimum atomic E-state index is -0.511. The molecule has 4 rings (SSSR count). The summed E-state index contributed by atoms with van der Waals surface area (Å²) in [5, 5.41) is 10.9. The van der Waals surface area contributed by atoms with Gasteiger partial charge in [0.1, 0.15) is 12.1 Å². The van der Waals surface area contributed by atoms with Crippen molar-refractivity contribution >= 4 is 29.0 Å². The van der Waals surface area contributed by atoms with Crippen molar-refractivity contribution in [1.82, 2.24) is 15.0 Å². The Balaban J connectivity index is 1.73. The highest BCUT2D eigenvalue weighted by Gasteiger charge is 2.13. The molecule has 30 heavy (non-hydrogen) atoms. The average Bonchev–Trinajstić information content (AvgIpc) is 2.76. The summed E-state index contributed by atoms with van der Waals surface area (Å²) >= 11 is 0. The minimum Gasteiger partial charge on any atom is -0.507 e. The maximum Gasteiger partial charge on any atom is 0.343 e. The smallest absolute Gasteiger partial charge is 0.343 e. The van der Waals surface area contributed by atoms with Crippen LogP contribution in [-0.4, -0.2) is 26.0 Å². The first-order chi connectivity index (χ1) is 14.5. The van der Waals surface area contributed by atoms with Crippen LogP contribution in [0.1, 0.15) is 32.6 Å². The van der Waals surface area contributed by atoms with E-state index < -0.39 is 5.97 Å². The summed E-state index contributed by atoms with van der Waals surface area (Å²) in [6.07, 6.45) is 9.79. The molecule has 0 amide bonds. The number of rotatable bonds is 4. The van der Waals surface area contributed by atoms with Crippen LogP contribution in [0.2, 0.25) is 0 Å². The van der Waals surface area contributed by atoms with Crippen molar-refractivity contribution in [2.45, 2.75) is 13.8 Å².